The van der Waals surface area contributed by atoms with E-state index in [9.17, 15) is 0 Å². The summed E-state index contributed by atoms with van der Waals surface area (Å²) in [6, 6.07) is 0. The van der Waals surface area contributed by atoms with Gasteiger partial charge in [-0.15, -0.1) is 0 Å². The van der Waals surface area contributed by atoms with Crippen molar-refractivity contribution < 1.29 is 42.9 Å². The van der Waals surface area contributed by atoms with Crippen LogP contribution < -0.4 is 6.15 Å². The Balaban J connectivity index is -0.00000000533. The summed E-state index contributed by atoms with van der Waals surface area (Å²) in [7, 11) is -4.67. The second-order valence-electron chi connectivity index (χ2n) is 0.448. The number of rotatable bonds is 0. The molecule has 0 atom stereocenters. The summed E-state index contributed by atoms with van der Waals surface area (Å²) in [6.07, 6.45) is 0. The standard InChI is InChI=1S/Mg.Mn.H3N.H2O4S.H2O.2H/c;;;1-5(2,3)4;;;/h;;1H3;(H2,1,2,3,4);1H2;;/q+2;;;;;2*-1. The van der Waals surface area contributed by atoms with E-state index in [4.69, 9.17) is 17.5 Å². The van der Waals surface area contributed by atoms with Crippen molar-refractivity contribution in [3.63, 3.8) is 0 Å². The zero-order chi connectivity index (χ0) is 4.50. The summed E-state index contributed by atoms with van der Waals surface area (Å²) >= 11 is 0. The van der Waals surface area contributed by atoms with Crippen LogP contribution in [0.4, 0.5) is 0 Å². The van der Waals surface area contributed by atoms with Gasteiger partial charge in [-0.1, -0.05) is 0 Å². The van der Waals surface area contributed by atoms with Crippen LogP contribution in [0.2, 0.25) is 0 Å². The first-order valence-corrected chi connectivity index (χ1v) is 2.10. The average Bonchev–Trinajstić information content (AvgIpc) is 0.722. The van der Waals surface area contributed by atoms with Gasteiger partial charge in [0.25, 0.3) is 0 Å². The summed E-state index contributed by atoms with van der Waals surface area (Å²) in [5.74, 6) is 0. The van der Waals surface area contributed by atoms with Gasteiger partial charge in [0.05, 0.1) is 0 Å². The molecule has 0 fully saturated rings. The van der Waals surface area contributed by atoms with E-state index < -0.39 is 10.4 Å². The summed E-state index contributed by atoms with van der Waals surface area (Å²) in [6.45, 7) is 0. The average molecular weight is 214 g/mol. The SMILES string of the molecule is N.O.O=S(=O)(O)O.[H-].[H-].[Mg+2].[Mn]. The van der Waals surface area contributed by atoms with Gasteiger partial charge >= 0.3 is 33.5 Å². The Morgan fingerprint density at radius 1 is 1.22 bits per heavy atom. The van der Waals surface area contributed by atoms with Crippen molar-refractivity contribution in [2.24, 2.45) is 0 Å². The first-order valence-electron chi connectivity index (χ1n) is 0.698. The molecule has 7 N–H and O–H groups in total. The van der Waals surface area contributed by atoms with Crippen LogP contribution in [0.1, 0.15) is 2.85 Å². The topological polar surface area (TPSA) is 141 Å². The Morgan fingerprint density at radius 2 is 1.22 bits per heavy atom. The van der Waals surface area contributed by atoms with Crippen LogP contribution in [0.15, 0.2) is 0 Å². The van der Waals surface area contributed by atoms with Crippen LogP contribution in [0, 0.1) is 0 Å². The predicted octanol–water partition coefficient (Wildman–Crippen LogP) is -1.47. The molecule has 0 saturated carbocycles. The zero-order valence-electron chi connectivity index (χ0n) is 6.41. The van der Waals surface area contributed by atoms with E-state index in [2.05, 4.69) is 0 Å². The van der Waals surface area contributed by atoms with Crippen molar-refractivity contribution in [3.8, 4) is 0 Å². The molecule has 0 aromatic carbocycles. The van der Waals surface area contributed by atoms with Crippen molar-refractivity contribution in [1.82, 2.24) is 6.15 Å². The molecule has 0 aromatic heterocycles. The molecule has 9 heavy (non-hydrogen) atoms. The molecule has 0 aliphatic rings. The Bertz CT molecular complexity index is 108. The van der Waals surface area contributed by atoms with Gasteiger partial charge < -0.3 is 14.5 Å². The molecule has 0 amide bonds. The first-order chi connectivity index (χ1) is 2.00. The Hall–Kier alpha value is 1.08. The molecule has 0 aliphatic heterocycles. The molecule has 6 nitrogen and oxygen atoms in total. The molecule has 0 spiro atoms. The van der Waals surface area contributed by atoms with Gasteiger partial charge in [-0.3, -0.25) is 9.11 Å². The zero-order valence-corrected chi connectivity index (χ0v) is 7.82. The van der Waals surface area contributed by atoms with Gasteiger partial charge in [0.2, 0.25) is 0 Å². The fraction of sp³-hybridized carbons (Fsp3) is 0. The van der Waals surface area contributed by atoms with Crippen molar-refractivity contribution >= 4 is 33.5 Å². The minimum atomic E-state index is -4.67. The number of hydrogen-bond acceptors (Lipinski definition) is 3. The molecular weight excluding hydrogens is 205 g/mol. The maximum atomic E-state index is 8.74. The van der Waals surface area contributed by atoms with Crippen molar-refractivity contribution in [2.45, 2.75) is 0 Å². The van der Waals surface area contributed by atoms with Crippen molar-refractivity contribution in [2.75, 3.05) is 0 Å². The van der Waals surface area contributed by atoms with Crippen LogP contribution in [0.3, 0.4) is 0 Å². The first kappa shape index (κ1) is 32.2. The quantitative estimate of drug-likeness (QED) is 0.333. The van der Waals surface area contributed by atoms with Crippen LogP contribution in [0.25, 0.3) is 0 Å². The maximum absolute atomic E-state index is 8.74. The van der Waals surface area contributed by atoms with Gasteiger partial charge in [0.1, 0.15) is 0 Å². The second kappa shape index (κ2) is 11.8. The second-order valence-corrected chi connectivity index (χ2v) is 1.34. The summed E-state index contributed by atoms with van der Waals surface area (Å²) < 4.78 is 31.6. The summed E-state index contributed by atoms with van der Waals surface area (Å²) in [5, 5.41) is 0. The Kier molecular flexibility index (Phi) is 42.3. The molecule has 0 bridgehead atoms. The van der Waals surface area contributed by atoms with Gasteiger partial charge in [0, 0.05) is 17.1 Å². The van der Waals surface area contributed by atoms with Gasteiger partial charge in [-0.2, -0.15) is 8.42 Å². The third-order valence-electron chi connectivity index (χ3n) is 0. The molecule has 0 rings (SSSR count). The van der Waals surface area contributed by atoms with Crippen LogP contribution in [0.5, 0.6) is 0 Å². The molecular formula is H9MgMnNO5S. The van der Waals surface area contributed by atoms with Crippen LogP contribution in [-0.4, -0.2) is 46.1 Å². The van der Waals surface area contributed by atoms with E-state index in [0.717, 1.165) is 0 Å². The summed E-state index contributed by atoms with van der Waals surface area (Å²) in [4.78, 5) is 0. The smallest absolute Gasteiger partial charge is 1.00 e. The van der Waals surface area contributed by atoms with Crippen molar-refractivity contribution in [1.29, 1.82) is 0 Å². The van der Waals surface area contributed by atoms with Gasteiger partial charge in [-0.05, 0) is 0 Å². The van der Waals surface area contributed by atoms with E-state index in [1.165, 1.54) is 0 Å². The van der Waals surface area contributed by atoms with E-state index in [1.807, 2.05) is 0 Å². The predicted molar refractivity (Wildman–Crippen MR) is 30.8 cm³/mol. The molecule has 59 valence electrons. The Morgan fingerprint density at radius 3 is 1.22 bits per heavy atom. The summed E-state index contributed by atoms with van der Waals surface area (Å²) in [5.41, 5.74) is 0. The molecule has 0 heterocycles. The van der Waals surface area contributed by atoms with Gasteiger partial charge in [0.15, 0.2) is 0 Å². The third-order valence-corrected chi connectivity index (χ3v) is 0. The van der Waals surface area contributed by atoms with Crippen LogP contribution >= 0.6 is 0 Å². The van der Waals surface area contributed by atoms with Crippen LogP contribution in [-0.2, 0) is 27.5 Å². The molecule has 0 aliphatic carbocycles. The Labute approximate surface area is 82.5 Å². The minimum absolute atomic E-state index is 0. The molecule has 0 unspecified atom stereocenters. The van der Waals surface area contributed by atoms with E-state index in [-0.39, 0.29) is 54.6 Å². The van der Waals surface area contributed by atoms with Crippen molar-refractivity contribution in [3.05, 3.63) is 0 Å². The minimum Gasteiger partial charge on any atom is -1.00 e. The van der Waals surface area contributed by atoms with E-state index in [0.29, 0.717) is 0 Å². The third kappa shape index (κ3) is 393. The molecule has 1 radical (unpaired) electrons. The molecule has 0 aromatic rings. The fourth-order valence-electron chi connectivity index (χ4n) is 0. The van der Waals surface area contributed by atoms with Gasteiger partial charge in [-0.25, -0.2) is 0 Å². The number of hydrogen-bond donors (Lipinski definition) is 3. The largest absolute Gasteiger partial charge is 2.00 e. The van der Waals surface area contributed by atoms with E-state index >= 15 is 0 Å². The van der Waals surface area contributed by atoms with E-state index in [1.54, 1.807) is 0 Å². The molecule has 9 heteroatoms. The fourth-order valence-corrected chi connectivity index (χ4v) is 0. The normalized spacial score (nSPS) is 6.44. The molecule has 0 saturated heterocycles. The monoisotopic (exact) mass is 214 g/mol. The maximum Gasteiger partial charge on any atom is 2.00 e.